The number of rotatable bonds is 7. The third-order valence-corrected chi connectivity index (χ3v) is 5.90. The molecule has 1 unspecified atom stereocenters. The van der Waals surface area contributed by atoms with Crippen molar-refractivity contribution in [3.8, 4) is 5.75 Å². The van der Waals surface area contributed by atoms with Gasteiger partial charge in [0.25, 0.3) is 0 Å². The molecular weight excluding hydrogens is 521 g/mol. The molecule has 1 amide bonds. The van der Waals surface area contributed by atoms with Crippen molar-refractivity contribution in [3.05, 3.63) is 41.5 Å². The molecule has 0 aliphatic carbocycles. The Bertz CT molecular complexity index is 946. The van der Waals surface area contributed by atoms with Gasteiger partial charge in [0.1, 0.15) is 18.1 Å². The molecule has 2 aliphatic rings. The molecule has 2 N–H and O–H groups in total. The SMILES string of the molecule is Cc1nnc(CN=C(NCCCN2CCCC2=O)NC2CCOc3ccccc32)n1C.I. The average molecular weight is 553 g/mol. The number of amides is 1. The van der Waals surface area contributed by atoms with Gasteiger partial charge in [-0.3, -0.25) is 4.79 Å². The number of halogens is 1. The zero-order valence-electron chi connectivity index (χ0n) is 18.7. The number of ether oxygens (including phenoxy) is 1. The number of carbonyl (C=O) groups excluding carboxylic acids is 1. The summed E-state index contributed by atoms with van der Waals surface area (Å²) in [5, 5.41) is 15.3. The number of hydrogen-bond acceptors (Lipinski definition) is 5. The maximum Gasteiger partial charge on any atom is 0.222 e. The lowest BCUT2D eigenvalue weighted by Crippen LogP contribution is -2.42. The van der Waals surface area contributed by atoms with Gasteiger partial charge < -0.3 is 24.8 Å². The predicted molar refractivity (Wildman–Crippen MR) is 133 cm³/mol. The number of nitrogens with one attached hydrogen (secondary N) is 2. The number of aromatic nitrogens is 3. The van der Waals surface area contributed by atoms with E-state index in [4.69, 9.17) is 9.73 Å². The Kier molecular flexibility index (Phi) is 8.71. The van der Waals surface area contributed by atoms with E-state index < -0.39 is 0 Å². The van der Waals surface area contributed by atoms with E-state index in [1.165, 1.54) is 0 Å². The second-order valence-electron chi connectivity index (χ2n) is 8.02. The molecule has 2 aliphatic heterocycles. The Balaban J connectivity index is 0.00000289. The number of benzene rings is 1. The van der Waals surface area contributed by atoms with E-state index in [2.05, 4.69) is 26.9 Å². The molecule has 0 radical (unpaired) electrons. The first-order valence-corrected chi connectivity index (χ1v) is 11.0. The minimum absolute atomic E-state index is 0. The van der Waals surface area contributed by atoms with Crippen molar-refractivity contribution >= 4 is 35.8 Å². The van der Waals surface area contributed by atoms with Crippen LogP contribution in [0.25, 0.3) is 0 Å². The van der Waals surface area contributed by atoms with Gasteiger partial charge in [-0.25, -0.2) is 4.99 Å². The highest BCUT2D eigenvalue weighted by Crippen LogP contribution is 2.31. The fraction of sp³-hybridized carbons (Fsp3) is 0.545. The normalized spacial score (nSPS) is 18.1. The van der Waals surface area contributed by atoms with Crippen molar-refractivity contribution in [3.63, 3.8) is 0 Å². The maximum atomic E-state index is 11.8. The van der Waals surface area contributed by atoms with Gasteiger partial charge in [0, 0.05) is 45.1 Å². The van der Waals surface area contributed by atoms with Gasteiger partial charge in [-0.05, 0) is 25.8 Å². The Morgan fingerprint density at radius 1 is 1.31 bits per heavy atom. The van der Waals surface area contributed by atoms with Crippen molar-refractivity contribution < 1.29 is 9.53 Å². The van der Waals surface area contributed by atoms with Crippen LogP contribution in [-0.2, 0) is 18.4 Å². The number of guanidine groups is 1. The number of carbonyl (C=O) groups is 1. The van der Waals surface area contributed by atoms with Crippen molar-refractivity contribution in [2.24, 2.45) is 12.0 Å². The molecule has 0 bridgehead atoms. The second kappa shape index (κ2) is 11.5. The van der Waals surface area contributed by atoms with E-state index in [-0.39, 0.29) is 35.9 Å². The molecule has 9 nitrogen and oxygen atoms in total. The largest absolute Gasteiger partial charge is 0.493 e. The lowest BCUT2D eigenvalue weighted by atomic mass is 10.0. The van der Waals surface area contributed by atoms with E-state index in [1.807, 2.05) is 41.6 Å². The third-order valence-electron chi connectivity index (χ3n) is 5.90. The Morgan fingerprint density at radius 2 is 2.16 bits per heavy atom. The Morgan fingerprint density at radius 3 is 2.91 bits per heavy atom. The van der Waals surface area contributed by atoms with Gasteiger partial charge in [-0.15, -0.1) is 34.2 Å². The molecule has 1 atom stereocenters. The monoisotopic (exact) mass is 553 g/mol. The summed E-state index contributed by atoms with van der Waals surface area (Å²) in [7, 11) is 1.95. The number of aliphatic imine (C=N–C) groups is 1. The predicted octanol–water partition coefficient (Wildman–Crippen LogP) is 2.31. The van der Waals surface area contributed by atoms with Crippen LogP contribution in [0.1, 0.15) is 48.9 Å². The maximum absolute atomic E-state index is 11.8. The minimum atomic E-state index is 0. The highest BCUT2D eigenvalue weighted by atomic mass is 127. The molecule has 10 heteroatoms. The Labute approximate surface area is 206 Å². The standard InChI is InChI=1S/C22H31N7O2.HI/c1-16-26-27-20(28(16)2)15-24-22(23-11-6-13-29-12-5-9-21(29)30)25-18-10-14-31-19-8-4-3-7-17(18)19;/h3-4,7-8,18H,5-6,9-15H2,1-2H3,(H2,23,24,25);1H. The summed E-state index contributed by atoms with van der Waals surface area (Å²) in [4.78, 5) is 18.5. The summed E-state index contributed by atoms with van der Waals surface area (Å²) < 4.78 is 7.74. The summed E-state index contributed by atoms with van der Waals surface area (Å²) >= 11 is 0. The van der Waals surface area contributed by atoms with E-state index in [9.17, 15) is 4.79 Å². The van der Waals surface area contributed by atoms with Crippen molar-refractivity contribution in [1.82, 2.24) is 30.3 Å². The van der Waals surface area contributed by atoms with Crippen molar-refractivity contribution in [2.45, 2.75) is 45.2 Å². The molecule has 2 aromatic rings. The van der Waals surface area contributed by atoms with Crippen LogP contribution in [0.15, 0.2) is 29.3 Å². The molecule has 1 saturated heterocycles. The van der Waals surface area contributed by atoms with Crippen molar-refractivity contribution in [1.29, 1.82) is 0 Å². The first-order chi connectivity index (χ1) is 15.1. The van der Waals surface area contributed by atoms with Crippen LogP contribution < -0.4 is 15.4 Å². The minimum Gasteiger partial charge on any atom is -0.493 e. The van der Waals surface area contributed by atoms with E-state index in [0.29, 0.717) is 19.6 Å². The lowest BCUT2D eigenvalue weighted by Gasteiger charge is -2.28. The fourth-order valence-corrected chi connectivity index (χ4v) is 3.97. The summed E-state index contributed by atoms with van der Waals surface area (Å²) in [6.07, 6.45) is 3.39. The molecule has 1 aromatic carbocycles. The van der Waals surface area contributed by atoms with Crippen LogP contribution in [0, 0.1) is 6.92 Å². The summed E-state index contributed by atoms with van der Waals surface area (Å²) in [6.45, 7) is 5.42. The summed E-state index contributed by atoms with van der Waals surface area (Å²) in [5.74, 6) is 3.59. The van der Waals surface area contributed by atoms with Crippen LogP contribution in [0.3, 0.4) is 0 Å². The lowest BCUT2D eigenvalue weighted by molar-refractivity contribution is -0.127. The number of para-hydroxylation sites is 1. The van der Waals surface area contributed by atoms with Gasteiger partial charge in [0.2, 0.25) is 5.91 Å². The van der Waals surface area contributed by atoms with Gasteiger partial charge in [-0.2, -0.15) is 0 Å². The first-order valence-electron chi connectivity index (χ1n) is 11.0. The van der Waals surface area contributed by atoms with Crippen LogP contribution >= 0.6 is 24.0 Å². The summed E-state index contributed by atoms with van der Waals surface area (Å²) in [6, 6.07) is 8.24. The molecule has 0 saturated carbocycles. The molecule has 0 spiro atoms. The zero-order chi connectivity index (χ0) is 21.6. The number of likely N-dealkylation sites (tertiary alicyclic amines) is 1. The number of aryl methyl sites for hydroxylation is 1. The quantitative estimate of drug-likeness (QED) is 0.237. The molecule has 1 fully saturated rings. The fourth-order valence-electron chi connectivity index (χ4n) is 3.97. The Hall–Kier alpha value is -2.37. The van der Waals surface area contributed by atoms with Gasteiger partial charge >= 0.3 is 0 Å². The van der Waals surface area contributed by atoms with Crippen LogP contribution in [0.5, 0.6) is 5.75 Å². The number of hydrogen-bond donors (Lipinski definition) is 2. The second-order valence-corrected chi connectivity index (χ2v) is 8.02. The molecule has 174 valence electrons. The molecule has 1 aromatic heterocycles. The van der Waals surface area contributed by atoms with Crippen LogP contribution in [0.2, 0.25) is 0 Å². The van der Waals surface area contributed by atoms with E-state index >= 15 is 0 Å². The number of fused-ring (bicyclic) bond motifs is 1. The highest BCUT2D eigenvalue weighted by molar-refractivity contribution is 14.0. The van der Waals surface area contributed by atoms with Gasteiger partial charge in [0.15, 0.2) is 11.8 Å². The topological polar surface area (TPSA) is 96.7 Å². The van der Waals surface area contributed by atoms with Crippen LogP contribution in [0.4, 0.5) is 0 Å². The van der Waals surface area contributed by atoms with Crippen molar-refractivity contribution in [2.75, 3.05) is 26.2 Å². The number of nitrogens with zero attached hydrogens (tertiary/aromatic N) is 5. The molecular formula is C22H32IN7O2. The van der Waals surface area contributed by atoms with E-state index in [1.54, 1.807) is 0 Å². The zero-order valence-corrected chi connectivity index (χ0v) is 21.0. The third kappa shape index (κ3) is 5.90. The molecule has 3 heterocycles. The van der Waals surface area contributed by atoms with Crippen LogP contribution in [-0.4, -0.2) is 57.8 Å². The first kappa shape index (κ1) is 24.3. The van der Waals surface area contributed by atoms with E-state index in [0.717, 1.165) is 67.8 Å². The van der Waals surface area contributed by atoms with Gasteiger partial charge in [0.05, 0.1) is 12.6 Å². The highest BCUT2D eigenvalue weighted by Gasteiger charge is 2.22. The molecule has 32 heavy (non-hydrogen) atoms. The average Bonchev–Trinajstić information content (AvgIpc) is 3.34. The molecule has 4 rings (SSSR count). The summed E-state index contributed by atoms with van der Waals surface area (Å²) in [5.41, 5.74) is 1.14. The smallest absolute Gasteiger partial charge is 0.222 e. The van der Waals surface area contributed by atoms with Gasteiger partial charge in [-0.1, -0.05) is 18.2 Å².